The van der Waals surface area contributed by atoms with Crippen molar-refractivity contribution >= 4 is 33.2 Å². The fraction of sp³-hybridized carbons (Fsp3) is 0.0833. The lowest BCUT2D eigenvalue weighted by molar-refractivity contribution is 0.102. The van der Waals surface area contributed by atoms with E-state index >= 15 is 0 Å². The minimum absolute atomic E-state index is 0.272. The highest BCUT2D eigenvalue weighted by molar-refractivity contribution is 9.10. The third-order valence-corrected chi connectivity index (χ3v) is 2.96. The summed E-state index contributed by atoms with van der Waals surface area (Å²) in [5, 5.41) is 2.72. The lowest BCUT2D eigenvalue weighted by Crippen LogP contribution is -2.14. The van der Waals surface area contributed by atoms with Crippen molar-refractivity contribution in [2.45, 2.75) is 6.92 Å². The summed E-state index contributed by atoms with van der Waals surface area (Å²) in [4.78, 5) is 19.9. The Labute approximate surface area is 113 Å². The Morgan fingerprint density at radius 3 is 2.72 bits per heavy atom. The summed E-state index contributed by atoms with van der Waals surface area (Å²) in [7, 11) is 0. The number of aromatic nitrogens is 2. The van der Waals surface area contributed by atoms with Gasteiger partial charge in [0.2, 0.25) is 0 Å². The van der Waals surface area contributed by atoms with Crippen molar-refractivity contribution in [3.05, 3.63) is 46.5 Å². The Kier molecular flexibility index (Phi) is 3.57. The maximum absolute atomic E-state index is 11.9. The molecule has 0 radical (unpaired) electrons. The SMILES string of the molecule is Cc1cnc(C(=O)Nc2ccc(N)c(Br)c2)cn1. The number of anilines is 2. The number of benzene rings is 1. The fourth-order valence-corrected chi connectivity index (χ4v) is 1.69. The number of nitrogens with two attached hydrogens (primary N) is 1. The molecule has 92 valence electrons. The molecular weight excluding hydrogens is 296 g/mol. The van der Waals surface area contributed by atoms with Crippen molar-refractivity contribution in [3.63, 3.8) is 0 Å². The van der Waals surface area contributed by atoms with Crippen LogP contribution in [0.4, 0.5) is 11.4 Å². The third-order valence-electron chi connectivity index (χ3n) is 2.27. The molecule has 5 nitrogen and oxygen atoms in total. The highest BCUT2D eigenvalue weighted by atomic mass is 79.9. The number of hydrogen-bond donors (Lipinski definition) is 2. The number of aryl methyl sites for hydroxylation is 1. The van der Waals surface area contributed by atoms with Gasteiger partial charge in [-0.1, -0.05) is 0 Å². The van der Waals surface area contributed by atoms with Crippen molar-refractivity contribution in [1.29, 1.82) is 0 Å². The Morgan fingerprint density at radius 1 is 1.33 bits per heavy atom. The molecule has 0 bridgehead atoms. The number of carbonyl (C=O) groups excluding carboxylic acids is 1. The topological polar surface area (TPSA) is 80.9 Å². The van der Waals surface area contributed by atoms with Crippen LogP contribution in [0.5, 0.6) is 0 Å². The smallest absolute Gasteiger partial charge is 0.275 e. The first-order valence-corrected chi connectivity index (χ1v) is 6.00. The van der Waals surface area contributed by atoms with Gasteiger partial charge >= 0.3 is 0 Å². The highest BCUT2D eigenvalue weighted by Gasteiger charge is 2.08. The van der Waals surface area contributed by atoms with E-state index in [1.165, 1.54) is 6.20 Å². The minimum Gasteiger partial charge on any atom is -0.398 e. The summed E-state index contributed by atoms with van der Waals surface area (Å²) < 4.78 is 0.732. The summed E-state index contributed by atoms with van der Waals surface area (Å²) >= 11 is 3.30. The van der Waals surface area contributed by atoms with E-state index in [0.717, 1.165) is 10.2 Å². The Morgan fingerprint density at radius 2 is 2.11 bits per heavy atom. The van der Waals surface area contributed by atoms with Crippen LogP contribution in [0.3, 0.4) is 0 Å². The molecule has 0 saturated heterocycles. The quantitative estimate of drug-likeness (QED) is 0.835. The number of nitrogens with zero attached hydrogens (tertiary/aromatic N) is 2. The first kappa shape index (κ1) is 12.5. The maximum Gasteiger partial charge on any atom is 0.275 e. The van der Waals surface area contributed by atoms with E-state index in [4.69, 9.17) is 5.73 Å². The second kappa shape index (κ2) is 5.14. The van der Waals surface area contributed by atoms with Gasteiger partial charge in [-0.2, -0.15) is 0 Å². The molecule has 3 N–H and O–H groups in total. The normalized spacial score (nSPS) is 10.1. The van der Waals surface area contributed by atoms with Gasteiger partial charge in [0, 0.05) is 22.0 Å². The zero-order valence-corrected chi connectivity index (χ0v) is 11.2. The van der Waals surface area contributed by atoms with Crippen LogP contribution in [0.2, 0.25) is 0 Å². The molecule has 0 spiro atoms. The fourth-order valence-electron chi connectivity index (χ4n) is 1.31. The Hall–Kier alpha value is -1.95. The molecule has 0 aliphatic carbocycles. The summed E-state index contributed by atoms with van der Waals surface area (Å²) in [5.41, 5.74) is 7.96. The van der Waals surface area contributed by atoms with Gasteiger partial charge in [-0.15, -0.1) is 0 Å². The number of rotatable bonds is 2. The van der Waals surface area contributed by atoms with Crippen molar-refractivity contribution in [3.8, 4) is 0 Å². The van der Waals surface area contributed by atoms with Crippen LogP contribution in [0.15, 0.2) is 35.1 Å². The van der Waals surface area contributed by atoms with Gasteiger partial charge in [0.1, 0.15) is 5.69 Å². The zero-order chi connectivity index (χ0) is 13.1. The van der Waals surface area contributed by atoms with Gasteiger partial charge in [-0.3, -0.25) is 9.78 Å². The molecule has 0 aliphatic rings. The molecule has 0 aliphatic heterocycles. The predicted octanol–water partition coefficient (Wildman–Crippen LogP) is 2.38. The molecule has 1 aromatic carbocycles. The maximum atomic E-state index is 11.9. The highest BCUT2D eigenvalue weighted by Crippen LogP contribution is 2.23. The molecule has 2 rings (SSSR count). The van der Waals surface area contributed by atoms with Gasteiger partial charge in [-0.05, 0) is 41.1 Å². The van der Waals surface area contributed by atoms with Crippen LogP contribution in [0, 0.1) is 6.92 Å². The number of nitrogens with one attached hydrogen (secondary N) is 1. The average molecular weight is 307 g/mol. The number of carbonyl (C=O) groups is 1. The standard InChI is InChI=1S/C12H11BrN4O/c1-7-5-16-11(6-15-7)12(18)17-8-2-3-10(14)9(13)4-8/h2-6H,14H2,1H3,(H,17,18). The van der Waals surface area contributed by atoms with E-state index in [1.54, 1.807) is 24.4 Å². The lowest BCUT2D eigenvalue weighted by atomic mass is 10.3. The molecule has 0 saturated carbocycles. The van der Waals surface area contributed by atoms with E-state index in [1.807, 2.05) is 6.92 Å². The molecule has 1 heterocycles. The molecule has 0 fully saturated rings. The molecule has 0 atom stereocenters. The third kappa shape index (κ3) is 2.84. The van der Waals surface area contributed by atoms with Gasteiger partial charge in [-0.25, -0.2) is 4.98 Å². The molecule has 2 aromatic rings. The second-order valence-electron chi connectivity index (χ2n) is 3.73. The molecule has 1 amide bonds. The monoisotopic (exact) mass is 306 g/mol. The van der Waals surface area contributed by atoms with Crippen LogP contribution < -0.4 is 11.1 Å². The largest absolute Gasteiger partial charge is 0.398 e. The Balaban J connectivity index is 2.16. The van der Waals surface area contributed by atoms with Crippen LogP contribution >= 0.6 is 15.9 Å². The van der Waals surface area contributed by atoms with E-state index in [9.17, 15) is 4.79 Å². The second-order valence-corrected chi connectivity index (χ2v) is 4.59. The molecular formula is C12H11BrN4O. The minimum atomic E-state index is -0.306. The first-order valence-electron chi connectivity index (χ1n) is 5.21. The van der Waals surface area contributed by atoms with Gasteiger partial charge < -0.3 is 11.1 Å². The number of amides is 1. The number of hydrogen-bond acceptors (Lipinski definition) is 4. The van der Waals surface area contributed by atoms with Crippen molar-refractivity contribution in [2.24, 2.45) is 0 Å². The Bertz CT molecular complexity index is 583. The van der Waals surface area contributed by atoms with Gasteiger partial charge in [0.05, 0.1) is 11.9 Å². The lowest BCUT2D eigenvalue weighted by Gasteiger charge is -2.06. The molecule has 6 heteroatoms. The van der Waals surface area contributed by atoms with E-state index in [-0.39, 0.29) is 11.6 Å². The van der Waals surface area contributed by atoms with E-state index < -0.39 is 0 Å². The van der Waals surface area contributed by atoms with Crippen LogP contribution in [-0.4, -0.2) is 15.9 Å². The van der Waals surface area contributed by atoms with Crippen molar-refractivity contribution < 1.29 is 4.79 Å². The average Bonchev–Trinajstić information content (AvgIpc) is 2.34. The van der Waals surface area contributed by atoms with Gasteiger partial charge in [0.15, 0.2) is 0 Å². The van der Waals surface area contributed by atoms with Gasteiger partial charge in [0.25, 0.3) is 5.91 Å². The van der Waals surface area contributed by atoms with Crippen LogP contribution in [0.1, 0.15) is 16.2 Å². The zero-order valence-electron chi connectivity index (χ0n) is 9.64. The molecule has 1 aromatic heterocycles. The van der Waals surface area contributed by atoms with Crippen molar-refractivity contribution in [1.82, 2.24) is 9.97 Å². The number of halogens is 1. The van der Waals surface area contributed by atoms with Crippen molar-refractivity contribution in [2.75, 3.05) is 11.1 Å². The summed E-state index contributed by atoms with van der Waals surface area (Å²) in [6.45, 7) is 1.81. The first-order chi connectivity index (χ1) is 8.56. The summed E-state index contributed by atoms with van der Waals surface area (Å²) in [6.07, 6.45) is 2.99. The van der Waals surface area contributed by atoms with Crippen LogP contribution in [0.25, 0.3) is 0 Å². The van der Waals surface area contributed by atoms with E-state index in [2.05, 4.69) is 31.2 Å². The summed E-state index contributed by atoms with van der Waals surface area (Å²) in [5.74, 6) is -0.306. The molecule has 0 unspecified atom stereocenters. The summed E-state index contributed by atoms with van der Waals surface area (Å²) in [6, 6.07) is 5.16. The van der Waals surface area contributed by atoms with E-state index in [0.29, 0.717) is 11.4 Å². The predicted molar refractivity (Wildman–Crippen MR) is 73.3 cm³/mol. The molecule has 18 heavy (non-hydrogen) atoms. The van der Waals surface area contributed by atoms with Crippen LogP contribution in [-0.2, 0) is 0 Å². The number of nitrogen functional groups attached to an aromatic ring is 1.